The molecule has 5 heteroatoms. The second-order valence-electron chi connectivity index (χ2n) is 4.14. The summed E-state index contributed by atoms with van der Waals surface area (Å²) >= 11 is 1.97. The monoisotopic (exact) mass is 253 g/mol. The molecule has 4 nitrogen and oxygen atoms in total. The SMILES string of the molecule is COc1cccnc1C(NN)C1CCCCS1. The van der Waals surface area contributed by atoms with Crippen LogP contribution in [0.5, 0.6) is 5.75 Å². The van der Waals surface area contributed by atoms with Crippen molar-refractivity contribution in [3.63, 3.8) is 0 Å². The molecule has 1 aliphatic rings. The number of thioether (sulfide) groups is 1. The van der Waals surface area contributed by atoms with Crippen LogP contribution in [0, 0.1) is 0 Å². The number of nitrogens with zero attached hydrogens (tertiary/aromatic N) is 1. The third-order valence-corrected chi connectivity index (χ3v) is 4.54. The summed E-state index contributed by atoms with van der Waals surface area (Å²) in [5.74, 6) is 7.71. The molecule has 94 valence electrons. The first kappa shape index (κ1) is 12.7. The fourth-order valence-corrected chi connectivity index (χ4v) is 3.61. The van der Waals surface area contributed by atoms with E-state index < -0.39 is 0 Å². The highest BCUT2D eigenvalue weighted by Gasteiger charge is 2.27. The van der Waals surface area contributed by atoms with Crippen LogP contribution in [0.4, 0.5) is 0 Å². The van der Waals surface area contributed by atoms with Gasteiger partial charge in [0.05, 0.1) is 13.2 Å². The lowest BCUT2D eigenvalue weighted by Crippen LogP contribution is -2.37. The fourth-order valence-electron chi connectivity index (χ4n) is 2.20. The van der Waals surface area contributed by atoms with E-state index >= 15 is 0 Å². The van der Waals surface area contributed by atoms with Crippen LogP contribution in [0.2, 0.25) is 0 Å². The van der Waals surface area contributed by atoms with Crippen LogP contribution in [0.1, 0.15) is 31.0 Å². The van der Waals surface area contributed by atoms with Gasteiger partial charge in [0.1, 0.15) is 11.4 Å². The molecule has 2 heterocycles. The number of rotatable bonds is 4. The largest absolute Gasteiger partial charge is 0.495 e. The minimum atomic E-state index is 0.0662. The maximum Gasteiger partial charge on any atom is 0.142 e. The Morgan fingerprint density at radius 3 is 3.12 bits per heavy atom. The molecule has 0 bridgehead atoms. The average Bonchev–Trinajstić information content (AvgIpc) is 2.41. The summed E-state index contributed by atoms with van der Waals surface area (Å²) in [7, 11) is 1.67. The average molecular weight is 253 g/mol. The van der Waals surface area contributed by atoms with Crippen LogP contribution in [0.25, 0.3) is 0 Å². The number of aromatic nitrogens is 1. The van der Waals surface area contributed by atoms with E-state index in [1.54, 1.807) is 13.3 Å². The van der Waals surface area contributed by atoms with Crippen molar-refractivity contribution in [3.05, 3.63) is 24.0 Å². The predicted molar refractivity (Wildman–Crippen MR) is 71.0 cm³/mol. The van der Waals surface area contributed by atoms with E-state index in [1.165, 1.54) is 25.0 Å². The van der Waals surface area contributed by atoms with Crippen molar-refractivity contribution in [2.24, 2.45) is 5.84 Å². The van der Waals surface area contributed by atoms with Gasteiger partial charge >= 0.3 is 0 Å². The first-order chi connectivity index (χ1) is 8.36. The van der Waals surface area contributed by atoms with Crippen molar-refractivity contribution in [2.75, 3.05) is 12.9 Å². The molecule has 0 aliphatic carbocycles. The van der Waals surface area contributed by atoms with E-state index in [2.05, 4.69) is 10.4 Å². The summed E-state index contributed by atoms with van der Waals surface area (Å²) in [5.41, 5.74) is 3.81. The lowest BCUT2D eigenvalue weighted by molar-refractivity contribution is 0.388. The number of nitrogens with two attached hydrogens (primary N) is 1. The normalized spacial score (nSPS) is 22.1. The van der Waals surface area contributed by atoms with Gasteiger partial charge in [-0.2, -0.15) is 11.8 Å². The standard InChI is InChI=1S/C12H19N3OS/c1-16-9-5-4-7-14-11(9)12(15-13)10-6-2-3-8-17-10/h4-5,7,10,12,15H,2-3,6,8,13H2,1H3. The van der Waals surface area contributed by atoms with Gasteiger partial charge in [0.15, 0.2) is 0 Å². The molecule has 0 aromatic carbocycles. The van der Waals surface area contributed by atoms with Gasteiger partial charge in [-0.05, 0) is 30.7 Å². The lowest BCUT2D eigenvalue weighted by atomic mass is 10.0. The van der Waals surface area contributed by atoms with E-state index in [4.69, 9.17) is 10.6 Å². The van der Waals surface area contributed by atoms with Gasteiger partial charge in [0.25, 0.3) is 0 Å². The number of pyridine rings is 1. The number of methoxy groups -OCH3 is 1. The summed E-state index contributed by atoms with van der Waals surface area (Å²) in [5, 5.41) is 0.484. The van der Waals surface area contributed by atoms with Gasteiger partial charge in [0.2, 0.25) is 0 Å². The maximum atomic E-state index is 5.70. The van der Waals surface area contributed by atoms with Gasteiger partial charge in [-0.1, -0.05) is 6.42 Å². The van der Waals surface area contributed by atoms with Gasteiger partial charge in [-0.3, -0.25) is 16.3 Å². The van der Waals surface area contributed by atoms with Crippen molar-refractivity contribution in [3.8, 4) is 5.75 Å². The summed E-state index contributed by atoms with van der Waals surface area (Å²) in [6.45, 7) is 0. The highest BCUT2D eigenvalue weighted by atomic mass is 32.2. The Balaban J connectivity index is 2.21. The molecule has 1 aliphatic heterocycles. The number of hydrogen-bond donors (Lipinski definition) is 2. The highest BCUT2D eigenvalue weighted by molar-refractivity contribution is 8.00. The Hall–Kier alpha value is -0.780. The van der Waals surface area contributed by atoms with Crippen LogP contribution < -0.4 is 16.0 Å². The third-order valence-electron chi connectivity index (χ3n) is 3.08. The van der Waals surface area contributed by atoms with Crippen molar-refractivity contribution in [1.82, 2.24) is 10.4 Å². The van der Waals surface area contributed by atoms with Crippen LogP contribution in [-0.2, 0) is 0 Å². The molecular formula is C12H19N3OS. The maximum absolute atomic E-state index is 5.70. The molecule has 2 unspecified atom stereocenters. The molecule has 3 N–H and O–H groups in total. The van der Waals surface area contributed by atoms with E-state index in [1.807, 2.05) is 23.9 Å². The zero-order valence-electron chi connectivity index (χ0n) is 10.1. The van der Waals surface area contributed by atoms with Crippen molar-refractivity contribution in [2.45, 2.75) is 30.6 Å². The van der Waals surface area contributed by atoms with Gasteiger partial charge in [-0.25, -0.2) is 0 Å². The Morgan fingerprint density at radius 2 is 2.47 bits per heavy atom. The molecule has 1 saturated heterocycles. The highest BCUT2D eigenvalue weighted by Crippen LogP contribution is 2.36. The second kappa shape index (κ2) is 6.23. The van der Waals surface area contributed by atoms with Crippen molar-refractivity contribution >= 4 is 11.8 Å². The summed E-state index contributed by atoms with van der Waals surface area (Å²) in [6.07, 6.45) is 5.54. The molecule has 2 atom stereocenters. The molecule has 2 rings (SSSR count). The summed E-state index contributed by atoms with van der Waals surface area (Å²) in [6, 6.07) is 3.88. The number of nitrogens with one attached hydrogen (secondary N) is 1. The molecule has 1 aromatic heterocycles. The molecule has 1 aromatic rings. The van der Waals surface area contributed by atoms with Crippen LogP contribution in [0.15, 0.2) is 18.3 Å². The van der Waals surface area contributed by atoms with Crippen LogP contribution in [-0.4, -0.2) is 23.1 Å². The molecule has 0 amide bonds. The van der Waals surface area contributed by atoms with Gasteiger partial charge < -0.3 is 4.74 Å². The van der Waals surface area contributed by atoms with E-state index in [0.29, 0.717) is 5.25 Å². The van der Waals surface area contributed by atoms with Gasteiger partial charge in [0, 0.05) is 11.4 Å². The Morgan fingerprint density at radius 1 is 1.59 bits per heavy atom. The zero-order valence-corrected chi connectivity index (χ0v) is 10.9. The summed E-state index contributed by atoms with van der Waals surface area (Å²) < 4.78 is 5.35. The van der Waals surface area contributed by atoms with E-state index in [-0.39, 0.29) is 6.04 Å². The smallest absolute Gasteiger partial charge is 0.142 e. The number of hydrazine groups is 1. The molecule has 0 saturated carbocycles. The Labute approximate surface area is 106 Å². The van der Waals surface area contributed by atoms with Crippen molar-refractivity contribution in [1.29, 1.82) is 0 Å². The number of hydrogen-bond acceptors (Lipinski definition) is 5. The Bertz CT molecular complexity index is 355. The first-order valence-corrected chi connectivity index (χ1v) is 6.98. The predicted octanol–water partition coefficient (Wildman–Crippen LogP) is 1.88. The molecule has 0 spiro atoms. The Kier molecular flexibility index (Phi) is 4.65. The second-order valence-corrected chi connectivity index (χ2v) is 5.49. The minimum absolute atomic E-state index is 0.0662. The molecular weight excluding hydrogens is 234 g/mol. The summed E-state index contributed by atoms with van der Waals surface area (Å²) in [4.78, 5) is 4.42. The van der Waals surface area contributed by atoms with Gasteiger partial charge in [-0.15, -0.1) is 0 Å². The third kappa shape index (κ3) is 2.91. The van der Waals surface area contributed by atoms with E-state index in [9.17, 15) is 0 Å². The molecule has 0 radical (unpaired) electrons. The van der Waals surface area contributed by atoms with Crippen LogP contribution >= 0.6 is 11.8 Å². The van der Waals surface area contributed by atoms with Crippen LogP contribution in [0.3, 0.4) is 0 Å². The van der Waals surface area contributed by atoms with E-state index in [0.717, 1.165) is 11.4 Å². The quantitative estimate of drug-likeness (QED) is 0.634. The topological polar surface area (TPSA) is 60.2 Å². The molecule has 1 fully saturated rings. The van der Waals surface area contributed by atoms with Crippen molar-refractivity contribution < 1.29 is 4.74 Å². The fraction of sp³-hybridized carbons (Fsp3) is 0.583. The first-order valence-electron chi connectivity index (χ1n) is 5.93. The minimum Gasteiger partial charge on any atom is -0.495 e. The number of ether oxygens (including phenoxy) is 1. The lowest BCUT2D eigenvalue weighted by Gasteiger charge is -2.29. The zero-order chi connectivity index (χ0) is 12.1. The molecule has 17 heavy (non-hydrogen) atoms.